The highest BCUT2D eigenvalue weighted by atomic mass is 35.5. The third-order valence-corrected chi connectivity index (χ3v) is 5.74. The van der Waals surface area contributed by atoms with E-state index in [0.717, 1.165) is 5.56 Å². The lowest BCUT2D eigenvalue weighted by Crippen LogP contribution is -2.37. The summed E-state index contributed by atoms with van der Waals surface area (Å²) in [6, 6.07) is 13.6. The maximum Gasteiger partial charge on any atom is 0.218 e. The lowest BCUT2D eigenvalue weighted by molar-refractivity contribution is 0.421. The summed E-state index contributed by atoms with van der Waals surface area (Å²) in [4.78, 5) is 0. The van der Waals surface area contributed by atoms with Crippen molar-refractivity contribution in [3.05, 3.63) is 70.5 Å². The van der Waals surface area contributed by atoms with E-state index in [2.05, 4.69) is 0 Å². The molecule has 4 nitrogen and oxygen atoms in total. The Kier molecular flexibility index (Phi) is 6.74. The quantitative estimate of drug-likeness (QED) is 0.777. The first-order chi connectivity index (χ1) is 11.4. The minimum Gasteiger partial charge on any atom is -0.329 e. The molecule has 0 atom stereocenters. The molecule has 0 radical (unpaired) electrons. The van der Waals surface area contributed by atoms with E-state index in [1.165, 1.54) is 22.5 Å². The van der Waals surface area contributed by atoms with Crippen molar-refractivity contribution in [3.8, 4) is 0 Å². The van der Waals surface area contributed by atoms with E-state index in [0.29, 0.717) is 18.5 Å². The molecule has 2 rings (SSSR count). The summed E-state index contributed by atoms with van der Waals surface area (Å²) in [7, 11) is -3.57. The van der Waals surface area contributed by atoms with Crippen molar-refractivity contribution in [2.24, 2.45) is 5.73 Å². The maximum atomic E-state index is 13.2. The van der Waals surface area contributed by atoms with Crippen LogP contribution in [0.2, 0.25) is 5.02 Å². The molecule has 0 aliphatic rings. The van der Waals surface area contributed by atoms with Gasteiger partial charge in [0.25, 0.3) is 0 Å². The second kappa shape index (κ2) is 8.58. The van der Waals surface area contributed by atoms with Crippen molar-refractivity contribution in [3.63, 3.8) is 0 Å². The predicted molar refractivity (Wildman–Crippen MR) is 94.8 cm³/mol. The molecule has 0 aliphatic carbocycles. The predicted octanol–water partition coefficient (Wildman–Crippen LogP) is 2.81. The van der Waals surface area contributed by atoms with E-state index in [9.17, 15) is 12.8 Å². The monoisotopic (exact) mass is 370 g/mol. The number of nitrogens with zero attached hydrogens (tertiary/aromatic N) is 1. The maximum absolute atomic E-state index is 13.2. The van der Waals surface area contributed by atoms with Crippen LogP contribution in [0.15, 0.2) is 48.5 Å². The van der Waals surface area contributed by atoms with Crippen LogP contribution in [-0.2, 0) is 22.2 Å². The van der Waals surface area contributed by atoms with Gasteiger partial charge >= 0.3 is 0 Å². The van der Waals surface area contributed by atoms with Gasteiger partial charge in [-0.15, -0.1) is 0 Å². The summed E-state index contributed by atoms with van der Waals surface area (Å²) in [5.74, 6) is -0.803. The molecule has 0 bridgehead atoms. The molecule has 0 aromatic heterocycles. The molecule has 0 saturated carbocycles. The van der Waals surface area contributed by atoms with Crippen LogP contribution in [0, 0.1) is 5.82 Å². The molecule has 0 spiro atoms. The molecule has 0 heterocycles. The molecular formula is C17H20ClFN2O2S. The van der Waals surface area contributed by atoms with E-state index in [1.807, 2.05) is 30.3 Å². The second-order valence-electron chi connectivity index (χ2n) is 5.43. The minimum atomic E-state index is -3.57. The van der Waals surface area contributed by atoms with E-state index in [-0.39, 0.29) is 23.9 Å². The van der Waals surface area contributed by atoms with Gasteiger partial charge in [0.15, 0.2) is 0 Å². The standard InChI is InChI=1S/C17H20ClFN2O2S/c18-16-12-15(6-7-17(16)19)13-24(22,23)21(11-9-20)10-8-14-4-2-1-3-5-14/h1-7,12H,8-11,13,20H2. The third-order valence-electron chi connectivity index (χ3n) is 3.60. The Bertz CT molecular complexity index is 769. The summed E-state index contributed by atoms with van der Waals surface area (Å²) in [6.45, 7) is 0.820. The summed E-state index contributed by atoms with van der Waals surface area (Å²) in [6.07, 6.45) is 0.601. The Labute approximate surface area is 147 Å². The van der Waals surface area contributed by atoms with Gasteiger partial charge in [-0.05, 0) is 29.7 Å². The molecule has 0 saturated heterocycles. The number of hydrogen-bond donors (Lipinski definition) is 1. The van der Waals surface area contributed by atoms with Crippen LogP contribution in [0.1, 0.15) is 11.1 Å². The fourth-order valence-electron chi connectivity index (χ4n) is 2.36. The Balaban J connectivity index is 2.10. The first kappa shape index (κ1) is 18.9. The minimum absolute atomic E-state index is 0.0858. The third kappa shape index (κ3) is 5.27. The molecular weight excluding hydrogens is 351 g/mol. The highest BCUT2D eigenvalue weighted by Crippen LogP contribution is 2.19. The summed E-state index contributed by atoms with van der Waals surface area (Å²) in [5.41, 5.74) is 7.06. The first-order valence-electron chi connectivity index (χ1n) is 7.58. The number of halogens is 2. The van der Waals surface area contributed by atoms with Gasteiger partial charge in [0, 0.05) is 19.6 Å². The van der Waals surface area contributed by atoms with Crippen LogP contribution in [0.4, 0.5) is 4.39 Å². The molecule has 24 heavy (non-hydrogen) atoms. The van der Waals surface area contributed by atoms with Crippen LogP contribution in [-0.4, -0.2) is 32.4 Å². The smallest absolute Gasteiger partial charge is 0.218 e. The molecule has 0 fully saturated rings. The molecule has 2 aromatic rings. The van der Waals surface area contributed by atoms with Gasteiger partial charge in [-0.1, -0.05) is 48.0 Å². The van der Waals surface area contributed by atoms with E-state index >= 15 is 0 Å². The van der Waals surface area contributed by atoms with Gasteiger partial charge in [0.2, 0.25) is 10.0 Å². The summed E-state index contributed by atoms with van der Waals surface area (Å²) < 4.78 is 39.9. The van der Waals surface area contributed by atoms with Crippen molar-refractivity contribution in [2.45, 2.75) is 12.2 Å². The average molecular weight is 371 g/mol. The van der Waals surface area contributed by atoms with Crippen LogP contribution in [0.5, 0.6) is 0 Å². The first-order valence-corrected chi connectivity index (χ1v) is 9.57. The van der Waals surface area contributed by atoms with Gasteiger partial charge < -0.3 is 5.73 Å². The van der Waals surface area contributed by atoms with Crippen molar-refractivity contribution in [2.75, 3.05) is 19.6 Å². The normalized spacial score (nSPS) is 11.8. The number of sulfonamides is 1. The van der Waals surface area contributed by atoms with Gasteiger partial charge in [-0.2, -0.15) is 0 Å². The highest BCUT2D eigenvalue weighted by molar-refractivity contribution is 7.88. The zero-order chi connectivity index (χ0) is 17.6. The molecule has 130 valence electrons. The molecule has 0 amide bonds. The Morgan fingerprint density at radius 2 is 1.75 bits per heavy atom. The number of nitrogens with two attached hydrogens (primary N) is 1. The van der Waals surface area contributed by atoms with E-state index in [4.69, 9.17) is 17.3 Å². The largest absolute Gasteiger partial charge is 0.329 e. The van der Waals surface area contributed by atoms with Crippen molar-refractivity contribution >= 4 is 21.6 Å². The lowest BCUT2D eigenvalue weighted by atomic mass is 10.1. The zero-order valence-corrected chi connectivity index (χ0v) is 14.7. The number of rotatable bonds is 8. The fourth-order valence-corrected chi connectivity index (χ4v) is 4.10. The van der Waals surface area contributed by atoms with Crippen molar-refractivity contribution in [1.29, 1.82) is 0 Å². The number of hydrogen-bond acceptors (Lipinski definition) is 3. The van der Waals surface area contributed by atoms with E-state index < -0.39 is 15.8 Å². The van der Waals surface area contributed by atoms with Gasteiger partial charge in [-0.25, -0.2) is 17.1 Å². The van der Waals surface area contributed by atoms with Crippen molar-refractivity contribution in [1.82, 2.24) is 4.31 Å². The summed E-state index contributed by atoms with van der Waals surface area (Å²) in [5, 5.41) is -0.0858. The van der Waals surface area contributed by atoms with Crippen molar-refractivity contribution < 1.29 is 12.8 Å². The lowest BCUT2D eigenvalue weighted by Gasteiger charge is -2.21. The second-order valence-corrected chi connectivity index (χ2v) is 7.80. The van der Waals surface area contributed by atoms with Gasteiger partial charge in [-0.3, -0.25) is 0 Å². The van der Waals surface area contributed by atoms with Gasteiger partial charge in [0.1, 0.15) is 5.82 Å². The molecule has 2 N–H and O–H groups in total. The topological polar surface area (TPSA) is 63.4 Å². The molecule has 7 heteroatoms. The highest BCUT2D eigenvalue weighted by Gasteiger charge is 2.22. The van der Waals surface area contributed by atoms with E-state index in [1.54, 1.807) is 0 Å². The number of benzene rings is 2. The Hall–Kier alpha value is -1.47. The molecule has 0 unspecified atom stereocenters. The fraction of sp³-hybridized carbons (Fsp3) is 0.294. The Morgan fingerprint density at radius 3 is 2.38 bits per heavy atom. The van der Waals surface area contributed by atoms with Gasteiger partial charge in [0.05, 0.1) is 10.8 Å². The SMILES string of the molecule is NCCN(CCc1ccccc1)S(=O)(=O)Cc1ccc(F)c(Cl)c1. The zero-order valence-electron chi connectivity index (χ0n) is 13.2. The van der Waals surface area contributed by atoms with Crippen LogP contribution in [0.3, 0.4) is 0 Å². The van der Waals surface area contributed by atoms with Crippen LogP contribution >= 0.6 is 11.6 Å². The average Bonchev–Trinajstić information content (AvgIpc) is 2.55. The Morgan fingerprint density at radius 1 is 1.04 bits per heavy atom. The van der Waals surface area contributed by atoms with Crippen LogP contribution < -0.4 is 5.73 Å². The molecule has 0 aliphatic heterocycles. The summed E-state index contributed by atoms with van der Waals surface area (Å²) >= 11 is 5.72. The van der Waals surface area contributed by atoms with Crippen LogP contribution in [0.25, 0.3) is 0 Å². The molecule has 2 aromatic carbocycles.